The van der Waals surface area contributed by atoms with Crippen LogP contribution in [0.25, 0.3) is 0 Å². The van der Waals surface area contributed by atoms with Crippen molar-refractivity contribution in [1.82, 2.24) is 0 Å². The van der Waals surface area contributed by atoms with E-state index in [0.717, 1.165) is 14.5 Å². The number of benzene rings is 2. The zero-order valence-electron chi connectivity index (χ0n) is 11.4. The molecule has 2 rings (SSSR count). The number of carboxylic acid groups (broad SMARTS) is 1. The average molecular weight is 427 g/mol. The van der Waals surface area contributed by atoms with Crippen molar-refractivity contribution in [3.05, 3.63) is 68.6 Å². The van der Waals surface area contributed by atoms with Crippen LogP contribution < -0.4 is 0 Å². The zero-order chi connectivity index (χ0) is 16.1. The molecule has 2 atom stereocenters. The Morgan fingerprint density at radius 1 is 1.00 bits per heavy atom. The summed E-state index contributed by atoms with van der Waals surface area (Å²) in [5, 5.41) is 19.5. The largest absolute Gasteiger partial charge is 0.480 e. The zero-order valence-corrected chi connectivity index (χ0v) is 14.5. The molecule has 0 aromatic heterocycles. The first-order valence-corrected chi connectivity index (χ1v) is 8.01. The number of carbonyl (C=O) groups is 1. The number of aliphatic hydroxyl groups excluding tert-OH is 1. The highest BCUT2D eigenvalue weighted by molar-refractivity contribution is 9.10. The molecule has 22 heavy (non-hydrogen) atoms. The maximum Gasteiger partial charge on any atom is 0.331 e. The van der Waals surface area contributed by atoms with Gasteiger partial charge in [-0.3, -0.25) is 4.99 Å². The molecule has 2 unspecified atom stereocenters. The standard InChI is InChI=1S/C16H13Br2NO3/c17-12-5-1-10(2-6-12)9-19-14(16(21)22)15(20)11-3-7-13(18)8-4-11/h1-9,14-15,20H,(H,21,22). The van der Waals surface area contributed by atoms with Gasteiger partial charge in [-0.15, -0.1) is 0 Å². The molecule has 4 nitrogen and oxygen atoms in total. The fourth-order valence-electron chi connectivity index (χ4n) is 1.84. The maximum absolute atomic E-state index is 11.4. The summed E-state index contributed by atoms with van der Waals surface area (Å²) in [5.74, 6) is -1.18. The summed E-state index contributed by atoms with van der Waals surface area (Å²) in [6.45, 7) is 0. The van der Waals surface area contributed by atoms with Gasteiger partial charge in [-0.2, -0.15) is 0 Å². The number of aliphatic imine (C=N–C) groups is 1. The minimum atomic E-state index is -1.26. The topological polar surface area (TPSA) is 69.9 Å². The lowest BCUT2D eigenvalue weighted by Gasteiger charge is -2.16. The van der Waals surface area contributed by atoms with Crippen molar-refractivity contribution in [2.75, 3.05) is 0 Å². The van der Waals surface area contributed by atoms with Crippen LogP contribution in [0.5, 0.6) is 0 Å². The quantitative estimate of drug-likeness (QED) is 0.714. The van der Waals surface area contributed by atoms with Gasteiger partial charge in [0.15, 0.2) is 6.04 Å². The minimum absolute atomic E-state index is 0.503. The Hall–Kier alpha value is -1.50. The van der Waals surface area contributed by atoms with E-state index < -0.39 is 18.1 Å². The van der Waals surface area contributed by atoms with Gasteiger partial charge in [0.25, 0.3) is 0 Å². The Balaban J connectivity index is 2.20. The Labute approximate surface area is 144 Å². The van der Waals surface area contributed by atoms with Gasteiger partial charge >= 0.3 is 5.97 Å². The van der Waals surface area contributed by atoms with E-state index in [2.05, 4.69) is 36.9 Å². The number of rotatable bonds is 5. The third-order valence-corrected chi connectivity index (χ3v) is 4.08. The monoisotopic (exact) mass is 425 g/mol. The molecule has 0 saturated heterocycles. The lowest BCUT2D eigenvalue weighted by Crippen LogP contribution is -2.26. The number of hydrogen-bond acceptors (Lipinski definition) is 3. The second-order valence-electron chi connectivity index (χ2n) is 4.61. The first-order valence-electron chi connectivity index (χ1n) is 6.42. The highest BCUT2D eigenvalue weighted by Gasteiger charge is 2.26. The summed E-state index contributed by atoms with van der Waals surface area (Å²) in [6, 6.07) is 12.8. The van der Waals surface area contributed by atoms with Crippen LogP contribution in [0.4, 0.5) is 0 Å². The lowest BCUT2D eigenvalue weighted by atomic mass is 10.0. The molecule has 114 valence electrons. The molecule has 0 bridgehead atoms. The molecule has 0 aliphatic heterocycles. The summed E-state index contributed by atoms with van der Waals surface area (Å²) < 4.78 is 1.78. The van der Waals surface area contributed by atoms with Crippen LogP contribution in [0, 0.1) is 0 Å². The average Bonchev–Trinajstić information content (AvgIpc) is 2.49. The second-order valence-corrected chi connectivity index (χ2v) is 6.44. The molecule has 0 spiro atoms. The molecule has 0 amide bonds. The number of halogens is 2. The third-order valence-electron chi connectivity index (χ3n) is 3.02. The Bertz CT molecular complexity index is 669. The van der Waals surface area contributed by atoms with Gasteiger partial charge in [-0.05, 0) is 35.4 Å². The molecule has 0 aliphatic carbocycles. The van der Waals surface area contributed by atoms with Crippen molar-refractivity contribution in [2.45, 2.75) is 12.1 Å². The summed E-state index contributed by atoms with van der Waals surface area (Å²) in [4.78, 5) is 15.4. The highest BCUT2D eigenvalue weighted by Crippen LogP contribution is 2.22. The van der Waals surface area contributed by atoms with Crippen LogP contribution in [0.15, 0.2) is 62.5 Å². The van der Waals surface area contributed by atoms with E-state index in [-0.39, 0.29) is 0 Å². The molecule has 0 aliphatic rings. The maximum atomic E-state index is 11.4. The Morgan fingerprint density at radius 3 is 2.00 bits per heavy atom. The van der Waals surface area contributed by atoms with Crippen LogP contribution in [-0.4, -0.2) is 28.4 Å². The molecule has 0 fully saturated rings. The van der Waals surface area contributed by atoms with Gasteiger partial charge in [-0.25, -0.2) is 4.79 Å². The SMILES string of the molecule is O=C(O)C(N=Cc1ccc(Br)cc1)C(O)c1ccc(Br)cc1. The highest BCUT2D eigenvalue weighted by atomic mass is 79.9. The van der Waals surface area contributed by atoms with Crippen molar-refractivity contribution in [3.8, 4) is 0 Å². The number of carboxylic acids is 1. The van der Waals surface area contributed by atoms with Crippen molar-refractivity contribution < 1.29 is 15.0 Å². The van der Waals surface area contributed by atoms with E-state index in [9.17, 15) is 15.0 Å². The van der Waals surface area contributed by atoms with E-state index in [1.165, 1.54) is 6.21 Å². The van der Waals surface area contributed by atoms with Gasteiger partial charge in [0.05, 0.1) is 0 Å². The molecular weight excluding hydrogens is 414 g/mol. The Kier molecular flexibility index (Phi) is 5.88. The first kappa shape index (κ1) is 16.9. The molecular formula is C16H13Br2NO3. The minimum Gasteiger partial charge on any atom is -0.480 e. The smallest absolute Gasteiger partial charge is 0.331 e. The van der Waals surface area contributed by atoms with Crippen molar-refractivity contribution >= 4 is 44.0 Å². The molecule has 0 heterocycles. The van der Waals surface area contributed by atoms with Gasteiger partial charge in [0.1, 0.15) is 6.10 Å². The van der Waals surface area contributed by atoms with Gasteiger partial charge < -0.3 is 10.2 Å². The van der Waals surface area contributed by atoms with Crippen LogP contribution in [0.3, 0.4) is 0 Å². The molecule has 0 radical (unpaired) electrons. The summed E-state index contributed by atoms with van der Waals surface area (Å²) in [6.07, 6.45) is 0.241. The van der Waals surface area contributed by atoms with Gasteiger partial charge in [0, 0.05) is 15.2 Å². The van der Waals surface area contributed by atoms with E-state index >= 15 is 0 Å². The summed E-state index contributed by atoms with van der Waals surface area (Å²) >= 11 is 6.62. The van der Waals surface area contributed by atoms with Crippen molar-refractivity contribution in [1.29, 1.82) is 0 Å². The first-order chi connectivity index (χ1) is 10.5. The van der Waals surface area contributed by atoms with Crippen LogP contribution in [0.1, 0.15) is 17.2 Å². The van der Waals surface area contributed by atoms with E-state index in [0.29, 0.717) is 5.56 Å². The molecule has 2 N–H and O–H groups in total. The Morgan fingerprint density at radius 2 is 1.50 bits per heavy atom. The predicted octanol–water partition coefficient (Wildman–Crippen LogP) is 3.82. The summed E-state index contributed by atoms with van der Waals surface area (Å²) in [7, 11) is 0. The third kappa shape index (κ3) is 4.50. The van der Waals surface area contributed by atoms with Crippen molar-refractivity contribution in [3.63, 3.8) is 0 Å². The predicted molar refractivity (Wildman–Crippen MR) is 92.3 cm³/mol. The van der Waals surface area contributed by atoms with E-state index in [1.54, 1.807) is 36.4 Å². The molecule has 0 saturated carbocycles. The molecule has 2 aromatic carbocycles. The van der Waals surface area contributed by atoms with E-state index in [1.807, 2.05) is 12.1 Å². The van der Waals surface area contributed by atoms with Crippen molar-refractivity contribution in [2.24, 2.45) is 4.99 Å². The number of hydrogen-bond donors (Lipinski definition) is 2. The van der Waals surface area contributed by atoms with Gasteiger partial charge in [-0.1, -0.05) is 56.1 Å². The van der Waals surface area contributed by atoms with Gasteiger partial charge in [0.2, 0.25) is 0 Å². The van der Waals surface area contributed by atoms with Crippen LogP contribution >= 0.6 is 31.9 Å². The fraction of sp³-hybridized carbons (Fsp3) is 0.125. The van der Waals surface area contributed by atoms with E-state index in [4.69, 9.17) is 0 Å². The molecule has 6 heteroatoms. The summed E-state index contributed by atoms with van der Waals surface area (Å²) in [5.41, 5.74) is 1.26. The fourth-order valence-corrected chi connectivity index (χ4v) is 2.37. The number of aliphatic carboxylic acids is 1. The van der Waals surface area contributed by atoms with Crippen LogP contribution in [0.2, 0.25) is 0 Å². The number of aliphatic hydroxyl groups is 1. The molecule has 2 aromatic rings. The normalized spacial score (nSPS) is 14.0. The number of nitrogens with zero attached hydrogens (tertiary/aromatic N) is 1. The van der Waals surface area contributed by atoms with Crippen LogP contribution in [-0.2, 0) is 4.79 Å². The lowest BCUT2D eigenvalue weighted by molar-refractivity contribution is -0.141. The second kappa shape index (κ2) is 7.67.